The lowest BCUT2D eigenvalue weighted by molar-refractivity contribution is -0.132. The molecule has 1 fully saturated rings. The van der Waals surface area contributed by atoms with Gasteiger partial charge in [-0.3, -0.25) is 9.59 Å². The van der Waals surface area contributed by atoms with Gasteiger partial charge in [-0.15, -0.1) is 9.24 Å². The lowest BCUT2D eigenvalue weighted by atomic mass is 10.2. The summed E-state index contributed by atoms with van der Waals surface area (Å²) in [6.07, 6.45) is 1.02. The molecule has 2 rings (SSSR count). The summed E-state index contributed by atoms with van der Waals surface area (Å²) in [5, 5.41) is 3.40. The molecular weight excluding hydrogens is 299 g/mol. The molecule has 0 radical (unpaired) electrons. The number of esters is 1. The number of hydrogen-bond donors (Lipinski definition) is 1. The van der Waals surface area contributed by atoms with E-state index in [1.165, 1.54) is 6.92 Å². The van der Waals surface area contributed by atoms with Crippen LogP contribution in [0.1, 0.15) is 25.8 Å². The third-order valence-corrected chi connectivity index (χ3v) is 4.23. The van der Waals surface area contributed by atoms with Gasteiger partial charge in [-0.1, -0.05) is 12.1 Å². The fourth-order valence-electron chi connectivity index (χ4n) is 2.76. The maximum Gasteiger partial charge on any atom is 0.308 e. The fraction of sp³-hybridized carbons (Fsp3) is 0.500. The predicted octanol–water partition coefficient (Wildman–Crippen LogP) is 1.57. The fourth-order valence-corrected chi connectivity index (χ4v) is 3.30. The van der Waals surface area contributed by atoms with E-state index in [4.69, 9.17) is 4.74 Å². The Morgan fingerprint density at radius 1 is 1.32 bits per heavy atom. The van der Waals surface area contributed by atoms with Gasteiger partial charge in [-0.25, -0.2) is 0 Å². The molecule has 3 atom stereocenters. The van der Waals surface area contributed by atoms with Crippen molar-refractivity contribution in [3.8, 4) is 5.75 Å². The number of nitrogens with one attached hydrogen (secondary N) is 1. The molecule has 0 aliphatic carbocycles. The number of benzene rings is 1. The smallest absolute Gasteiger partial charge is 0.308 e. The molecule has 0 spiro atoms. The van der Waals surface area contributed by atoms with Gasteiger partial charge in [-0.2, -0.15) is 0 Å². The average molecular weight is 322 g/mol. The van der Waals surface area contributed by atoms with Crippen LogP contribution in [0.2, 0.25) is 0 Å². The molecule has 0 saturated carbocycles. The first kappa shape index (κ1) is 16.9. The SMILES string of the molecule is CC(=O)Oc1ccc(CNC[C@@H]2CC(P)CN2C(C)=O)cc1. The zero-order valence-corrected chi connectivity index (χ0v) is 14.2. The van der Waals surface area contributed by atoms with Crippen molar-refractivity contribution in [2.75, 3.05) is 13.1 Å². The second kappa shape index (κ2) is 7.70. The van der Waals surface area contributed by atoms with Crippen LogP contribution in [-0.2, 0) is 16.1 Å². The van der Waals surface area contributed by atoms with Gasteiger partial charge in [0.05, 0.1) is 0 Å². The van der Waals surface area contributed by atoms with Crippen molar-refractivity contribution in [1.29, 1.82) is 0 Å². The minimum Gasteiger partial charge on any atom is -0.427 e. The van der Waals surface area contributed by atoms with Gasteiger partial charge in [0, 0.05) is 39.5 Å². The summed E-state index contributed by atoms with van der Waals surface area (Å²) in [5.41, 5.74) is 1.60. The van der Waals surface area contributed by atoms with Gasteiger partial charge in [0.15, 0.2) is 0 Å². The molecule has 1 amide bonds. The van der Waals surface area contributed by atoms with Crippen molar-refractivity contribution in [2.24, 2.45) is 0 Å². The van der Waals surface area contributed by atoms with Crippen LogP contribution in [0.5, 0.6) is 5.75 Å². The van der Waals surface area contributed by atoms with E-state index in [9.17, 15) is 9.59 Å². The number of rotatable bonds is 5. The summed E-state index contributed by atoms with van der Waals surface area (Å²) in [6.45, 7) is 5.35. The Morgan fingerprint density at radius 2 is 2.00 bits per heavy atom. The molecule has 1 aromatic rings. The van der Waals surface area contributed by atoms with E-state index in [0.29, 0.717) is 11.4 Å². The largest absolute Gasteiger partial charge is 0.427 e. The van der Waals surface area contributed by atoms with Crippen molar-refractivity contribution in [3.05, 3.63) is 29.8 Å². The molecule has 1 aliphatic rings. The second-order valence-electron chi connectivity index (χ2n) is 5.69. The van der Waals surface area contributed by atoms with Gasteiger partial charge in [0.1, 0.15) is 5.75 Å². The van der Waals surface area contributed by atoms with Crippen molar-refractivity contribution in [2.45, 2.75) is 38.5 Å². The molecule has 1 N–H and O–H groups in total. The summed E-state index contributed by atoms with van der Waals surface area (Å²) < 4.78 is 5.00. The molecule has 22 heavy (non-hydrogen) atoms. The highest BCUT2D eigenvalue weighted by Gasteiger charge is 2.30. The van der Waals surface area contributed by atoms with Crippen molar-refractivity contribution in [3.63, 3.8) is 0 Å². The molecule has 120 valence electrons. The van der Waals surface area contributed by atoms with Gasteiger partial charge >= 0.3 is 5.97 Å². The van der Waals surface area contributed by atoms with E-state index in [1.54, 1.807) is 19.1 Å². The predicted molar refractivity (Wildman–Crippen MR) is 88.7 cm³/mol. The highest BCUT2D eigenvalue weighted by molar-refractivity contribution is 7.17. The van der Waals surface area contributed by atoms with Crippen LogP contribution >= 0.6 is 9.24 Å². The Hall–Kier alpha value is -1.45. The number of likely N-dealkylation sites (tertiary alicyclic amines) is 1. The summed E-state index contributed by atoms with van der Waals surface area (Å²) in [6, 6.07) is 7.70. The van der Waals surface area contributed by atoms with Gasteiger partial charge < -0.3 is 15.0 Å². The molecule has 6 heteroatoms. The van der Waals surface area contributed by atoms with Gasteiger partial charge in [-0.05, 0) is 29.8 Å². The Bertz CT molecular complexity index is 533. The highest BCUT2D eigenvalue weighted by atomic mass is 31.0. The molecular formula is C16H23N2O3P. The lowest BCUT2D eigenvalue weighted by Crippen LogP contribution is -2.40. The maximum atomic E-state index is 11.6. The molecule has 5 nitrogen and oxygen atoms in total. The Labute approximate surface area is 133 Å². The quantitative estimate of drug-likeness (QED) is 0.508. The van der Waals surface area contributed by atoms with E-state index in [2.05, 4.69) is 14.6 Å². The number of carbonyl (C=O) groups excluding carboxylic acids is 2. The van der Waals surface area contributed by atoms with E-state index in [1.807, 2.05) is 17.0 Å². The van der Waals surface area contributed by atoms with E-state index in [0.717, 1.165) is 31.6 Å². The third kappa shape index (κ3) is 4.79. The number of amides is 1. The summed E-state index contributed by atoms with van der Waals surface area (Å²) in [7, 11) is 2.81. The van der Waals surface area contributed by atoms with Crippen molar-refractivity contribution in [1.82, 2.24) is 10.2 Å². The monoisotopic (exact) mass is 322 g/mol. The van der Waals surface area contributed by atoms with Crippen LogP contribution in [-0.4, -0.2) is 41.6 Å². The first-order valence-corrected chi connectivity index (χ1v) is 8.13. The van der Waals surface area contributed by atoms with Gasteiger partial charge in [0.25, 0.3) is 0 Å². The van der Waals surface area contributed by atoms with Crippen LogP contribution in [0.25, 0.3) is 0 Å². The van der Waals surface area contributed by atoms with Crippen molar-refractivity contribution < 1.29 is 14.3 Å². The van der Waals surface area contributed by atoms with Gasteiger partial charge in [0.2, 0.25) is 5.91 Å². The number of ether oxygens (including phenoxy) is 1. The Kier molecular flexibility index (Phi) is 5.92. The second-order valence-corrected chi connectivity index (χ2v) is 6.63. The van der Waals surface area contributed by atoms with E-state index < -0.39 is 0 Å². The summed E-state index contributed by atoms with van der Waals surface area (Å²) in [5.74, 6) is 0.381. The molecule has 0 aromatic heterocycles. The van der Waals surface area contributed by atoms with Crippen LogP contribution in [0.15, 0.2) is 24.3 Å². The standard InChI is InChI=1S/C16H23N2O3P/c1-11(19)18-10-16(22)7-14(18)9-17-8-13-3-5-15(6-4-13)21-12(2)20/h3-6,14,16-17H,7-10,22H2,1-2H3/t14-,16?/m0/s1. The van der Waals surface area contributed by atoms with E-state index in [-0.39, 0.29) is 17.9 Å². The summed E-state index contributed by atoms with van der Waals surface area (Å²) in [4.78, 5) is 24.4. The van der Waals surface area contributed by atoms with E-state index >= 15 is 0 Å². The van der Waals surface area contributed by atoms with Crippen LogP contribution in [0.3, 0.4) is 0 Å². The highest BCUT2D eigenvalue weighted by Crippen LogP contribution is 2.23. The topological polar surface area (TPSA) is 58.6 Å². The number of carbonyl (C=O) groups is 2. The zero-order chi connectivity index (χ0) is 16.1. The molecule has 1 aliphatic heterocycles. The first-order chi connectivity index (χ1) is 10.5. The normalized spacial score (nSPS) is 21.0. The average Bonchev–Trinajstić information content (AvgIpc) is 2.81. The summed E-state index contributed by atoms with van der Waals surface area (Å²) >= 11 is 0. The minimum atomic E-state index is -0.316. The molecule has 1 aromatic carbocycles. The van der Waals surface area contributed by atoms with Crippen molar-refractivity contribution >= 4 is 21.1 Å². The molecule has 1 heterocycles. The Morgan fingerprint density at radius 3 is 2.59 bits per heavy atom. The molecule has 2 unspecified atom stereocenters. The Balaban J connectivity index is 1.80. The van der Waals surface area contributed by atoms with Crippen LogP contribution in [0.4, 0.5) is 0 Å². The van der Waals surface area contributed by atoms with Crippen LogP contribution < -0.4 is 10.1 Å². The maximum absolute atomic E-state index is 11.6. The minimum absolute atomic E-state index is 0.141. The number of nitrogens with zero attached hydrogens (tertiary/aromatic N) is 1. The first-order valence-electron chi connectivity index (χ1n) is 7.46. The van der Waals surface area contributed by atoms with Crippen LogP contribution in [0, 0.1) is 0 Å². The molecule has 1 saturated heterocycles. The molecule has 0 bridgehead atoms. The lowest BCUT2D eigenvalue weighted by Gasteiger charge is -2.23. The zero-order valence-electron chi connectivity index (χ0n) is 13.0. The third-order valence-electron chi connectivity index (χ3n) is 3.75. The number of hydrogen-bond acceptors (Lipinski definition) is 4.